The van der Waals surface area contributed by atoms with Crippen LogP contribution >= 0.6 is 0 Å². The largest absolute Gasteiger partial charge is 0.507 e. The third-order valence-corrected chi connectivity index (χ3v) is 5.36. The molecule has 9 heteroatoms. The summed E-state index contributed by atoms with van der Waals surface area (Å²) in [7, 11) is 0. The lowest BCUT2D eigenvalue weighted by Crippen LogP contribution is -2.42. The molecular weight excluding hydrogens is 358 g/mol. The Kier molecular flexibility index (Phi) is 4.16. The number of phenols is 1. The van der Waals surface area contributed by atoms with Crippen molar-refractivity contribution in [3.8, 4) is 28.6 Å². The van der Waals surface area contributed by atoms with Gasteiger partial charge in [0.1, 0.15) is 11.9 Å². The number of nitrogens with zero attached hydrogens (tertiary/aromatic N) is 6. The smallest absolute Gasteiger partial charge is 0.233 e. The van der Waals surface area contributed by atoms with Crippen LogP contribution in [-0.4, -0.2) is 53.7 Å². The van der Waals surface area contributed by atoms with Crippen LogP contribution in [0.15, 0.2) is 30.3 Å². The van der Waals surface area contributed by atoms with Gasteiger partial charge in [0.25, 0.3) is 0 Å². The van der Waals surface area contributed by atoms with E-state index in [9.17, 15) is 5.11 Å². The SMILES string of the molecule is Cc1nnn(-c2ccc(-c3ccc(O[C@H]4C[C@H]5CC[C@@H](C4)N5)nn3)c(O)c2)n1. The second-order valence-electron chi connectivity index (χ2n) is 7.43. The number of aromatic nitrogens is 6. The molecule has 2 aromatic heterocycles. The minimum Gasteiger partial charge on any atom is -0.507 e. The highest BCUT2D eigenvalue weighted by Gasteiger charge is 2.34. The van der Waals surface area contributed by atoms with Crippen molar-refractivity contribution in [1.82, 2.24) is 35.7 Å². The van der Waals surface area contributed by atoms with E-state index < -0.39 is 0 Å². The fourth-order valence-electron chi connectivity index (χ4n) is 4.05. The molecule has 2 N–H and O–H groups in total. The predicted molar refractivity (Wildman–Crippen MR) is 100 cm³/mol. The van der Waals surface area contributed by atoms with Crippen molar-refractivity contribution in [1.29, 1.82) is 0 Å². The molecule has 0 saturated carbocycles. The standard InChI is InChI=1S/C19H21N7O2/c1-11-21-25-26(24-11)14-4-5-16(18(27)10-14)17-6-7-19(23-22-17)28-15-8-12-2-3-13(9-15)20-12/h4-7,10,12-13,15,20,27H,2-3,8-9H2,1H3/t12-,13+,15+. The number of hydrogen-bond acceptors (Lipinski definition) is 8. The fourth-order valence-corrected chi connectivity index (χ4v) is 4.05. The number of ether oxygens (including phenoxy) is 1. The van der Waals surface area contributed by atoms with Gasteiger partial charge in [0.05, 0.1) is 11.4 Å². The zero-order valence-electron chi connectivity index (χ0n) is 15.5. The first-order valence-electron chi connectivity index (χ1n) is 9.51. The van der Waals surface area contributed by atoms with Crippen LogP contribution in [0.25, 0.3) is 16.9 Å². The Balaban J connectivity index is 1.31. The summed E-state index contributed by atoms with van der Waals surface area (Å²) in [6.07, 6.45) is 4.67. The Labute approximate surface area is 161 Å². The number of hydrogen-bond donors (Lipinski definition) is 2. The first-order valence-corrected chi connectivity index (χ1v) is 9.51. The molecular formula is C19H21N7O2. The first-order chi connectivity index (χ1) is 13.6. The van der Waals surface area contributed by atoms with Crippen molar-refractivity contribution >= 4 is 0 Å². The first kappa shape index (κ1) is 17.1. The van der Waals surface area contributed by atoms with E-state index in [1.54, 1.807) is 25.1 Å². The number of nitrogens with one attached hydrogen (secondary N) is 1. The van der Waals surface area contributed by atoms with E-state index in [1.165, 1.54) is 17.6 Å². The lowest BCUT2D eigenvalue weighted by molar-refractivity contribution is 0.130. The lowest BCUT2D eigenvalue weighted by atomic mass is 10.0. The van der Waals surface area contributed by atoms with Gasteiger partial charge in [-0.25, -0.2) is 0 Å². The summed E-state index contributed by atoms with van der Waals surface area (Å²) in [6.45, 7) is 1.76. The number of aromatic hydroxyl groups is 1. The molecule has 144 valence electrons. The summed E-state index contributed by atoms with van der Waals surface area (Å²) in [6, 6.07) is 9.88. The van der Waals surface area contributed by atoms with Gasteiger partial charge in [-0.1, -0.05) is 0 Å². The Morgan fingerprint density at radius 3 is 2.54 bits per heavy atom. The molecule has 3 aromatic rings. The number of aryl methyl sites for hydroxylation is 1. The summed E-state index contributed by atoms with van der Waals surface area (Å²) in [4.78, 5) is 1.37. The van der Waals surface area contributed by atoms with Crippen molar-refractivity contribution in [2.45, 2.75) is 50.8 Å². The zero-order valence-corrected chi connectivity index (χ0v) is 15.5. The highest BCUT2D eigenvalue weighted by atomic mass is 16.5. The second kappa shape index (κ2) is 6.83. The van der Waals surface area contributed by atoms with Gasteiger partial charge in [-0.05, 0) is 56.0 Å². The Hall–Kier alpha value is -3.07. The van der Waals surface area contributed by atoms with Crippen LogP contribution in [-0.2, 0) is 0 Å². The van der Waals surface area contributed by atoms with Gasteiger partial charge in [-0.3, -0.25) is 0 Å². The third kappa shape index (κ3) is 3.29. The Morgan fingerprint density at radius 2 is 1.89 bits per heavy atom. The third-order valence-electron chi connectivity index (χ3n) is 5.36. The van der Waals surface area contributed by atoms with Crippen LogP contribution in [0.4, 0.5) is 0 Å². The van der Waals surface area contributed by atoms with Crippen molar-refractivity contribution in [2.75, 3.05) is 0 Å². The molecule has 2 aliphatic heterocycles. The van der Waals surface area contributed by atoms with Crippen LogP contribution in [0.3, 0.4) is 0 Å². The molecule has 4 heterocycles. The molecule has 0 radical (unpaired) electrons. The maximum absolute atomic E-state index is 10.4. The molecule has 1 aromatic carbocycles. The van der Waals surface area contributed by atoms with Crippen molar-refractivity contribution in [2.24, 2.45) is 0 Å². The van der Waals surface area contributed by atoms with Gasteiger partial charge in [-0.2, -0.15) is 0 Å². The summed E-state index contributed by atoms with van der Waals surface area (Å²) >= 11 is 0. The normalized spacial score (nSPS) is 23.7. The van der Waals surface area contributed by atoms with Gasteiger partial charge in [0, 0.05) is 29.8 Å². The molecule has 28 heavy (non-hydrogen) atoms. The van der Waals surface area contributed by atoms with E-state index in [0.29, 0.717) is 40.7 Å². The fraction of sp³-hybridized carbons (Fsp3) is 0.421. The molecule has 5 rings (SSSR count). The van der Waals surface area contributed by atoms with Gasteiger partial charge < -0.3 is 15.2 Å². The van der Waals surface area contributed by atoms with E-state index in [-0.39, 0.29) is 11.9 Å². The molecule has 0 amide bonds. The highest BCUT2D eigenvalue weighted by molar-refractivity contribution is 5.68. The lowest BCUT2D eigenvalue weighted by Gasteiger charge is -2.28. The maximum atomic E-state index is 10.4. The topological polar surface area (TPSA) is 111 Å². The van der Waals surface area contributed by atoms with Crippen LogP contribution in [0, 0.1) is 6.92 Å². The van der Waals surface area contributed by atoms with E-state index in [1.807, 2.05) is 12.1 Å². The van der Waals surface area contributed by atoms with E-state index in [0.717, 1.165) is 12.8 Å². The molecule has 2 saturated heterocycles. The van der Waals surface area contributed by atoms with Crippen molar-refractivity contribution < 1.29 is 9.84 Å². The number of phenolic OH excluding ortho intramolecular Hbond substituents is 1. The monoisotopic (exact) mass is 379 g/mol. The summed E-state index contributed by atoms with van der Waals surface area (Å²) in [5, 5.41) is 34.4. The molecule has 0 aliphatic carbocycles. The minimum absolute atomic E-state index is 0.0744. The molecule has 9 nitrogen and oxygen atoms in total. The highest BCUT2D eigenvalue weighted by Crippen LogP contribution is 2.31. The average molecular weight is 379 g/mol. The molecule has 2 fully saturated rings. The quantitative estimate of drug-likeness (QED) is 0.706. The second-order valence-corrected chi connectivity index (χ2v) is 7.43. The van der Waals surface area contributed by atoms with E-state index >= 15 is 0 Å². The molecule has 0 spiro atoms. The van der Waals surface area contributed by atoms with Gasteiger partial charge in [0.2, 0.25) is 5.88 Å². The molecule has 0 unspecified atom stereocenters. The number of fused-ring (bicyclic) bond motifs is 2. The van der Waals surface area contributed by atoms with Gasteiger partial charge in [-0.15, -0.1) is 25.2 Å². The van der Waals surface area contributed by atoms with Crippen LogP contribution in [0.5, 0.6) is 11.6 Å². The van der Waals surface area contributed by atoms with Gasteiger partial charge in [0.15, 0.2) is 5.82 Å². The van der Waals surface area contributed by atoms with E-state index in [4.69, 9.17) is 4.74 Å². The minimum atomic E-state index is 0.0744. The predicted octanol–water partition coefficient (Wildman–Crippen LogP) is 1.80. The summed E-state index contributed by atoms with van der Waals surface area (Å²) in [5.74, 6) is 1.16. The molecule has 3 atom stereocenters. The maximum Gasteiger partial charge on any atom is 0.233 e. The number of benzene rings is 1. The number of tetrazole rings is 1. The average Bonchev–Trinajstić information content (AvgIpc) is 3.27. The Morgan fingerprint density at radius 1 is 1.07 bits per heavy atom. The van der Waals surface area contributed by atoms with Crippen LogP contribution in [0.2, 0.25) is 0 Å². The van der Waals surface area contributed by atoms with Crippen LogP contribution in [0.1, 0.15) is 31.5 Å². The molecule has 2 bridgehead atoms. The van der Waals surface area contributed by atoms with Crippen molar-refractivity contribution in [3.63, 3.8) is 0 Å². The summed E-state index contributed by atoms with van der Waals surface area (Å²) in [5.41, 5.74) is 1.78. The Bertz CT molecular complexity index is 976. The number of piperidine rings is 1. The van der Waals surface area contributed by atoms with E-state index in [2.05, 4.69) is 30.9 Å². The van der Waals surface area contributed by atoms with Crippen molar-refractivity contribution in [3.05, 3.63) is 36.2 Å². The van der Waals surface area contributed by atoms with Gasteiger partial charge >= 0.3 is 0 Å². The zero-order chi connectivity index (χ0) is 19.1. The summed E-state index contributed by atoms with van der Waals surface area (Å²) < 4.78 is 6.03. The van der Waals surface area contributed by atoms with Crippen LogP contribution < -0.4 is 10.1 Å². The molecule has 2 aliphatic rings. The number of rotatable bonds is 4.